The molecule has 0 radical (unpaired) electrons. The van der Waals surface area contributed by atoms with Gasteiger partial charge in [0.2, 0.25) is 0 Å². The molecule has 3 rings (SSSR count). The van der Waals surface area contributed by atoms with Crippen LogP contribution in [0.1, 0.15) is 40.0 Å². The second kappa shape index (κ2) is 5.21. The fourth-order valence-electron chi connectivity index (χ4n) is 2.95. The zero-order chi connectivity index (χ0) is 14.1. The number of aliphatic hydroxyl groups excluding tert-OH is 1. The van der Waals surface area contributed by atoms with Crippen molar-refractivity contribution in [3.05, 3.63) is 40.6 Å². The topological polar surface area (TPSA) is 59.4 Å². The zero-order valence-electron chi connectivity index (χ0n) is 11.5. The molecule has 0 unspecified atom stereocenters. The van der Waals surface area contributed by atoms with E-state index in [9.17, 15) is 9.90 Å². The van der Waals surface area contributed by atoms with Gasteiger partial charge in [0.05, 0.1) is 24.8 Å². The number of rotatable bonds is 2. The highest BCUT2D eigenvalue weighted by Gasteiger charge is 2.18. The average Bonchev–Trinajstić information content (AvgIpc) is 2.51. The van der Waals surface area contributed by atoms with Gasteiger partial charge in [-0.1, -0.05) is 0 Å². The average molecular weight is 271 g/mol. The van der Waals surface area contributed by atoms with E-state index in [0.717, 1.165) is 53.4 Å². The number of hydrogen-bond donors (Lipinski definition) is 1. The summed E-state index contributed by atoms with van der Waals surface area (Å²) in [6.07, 6.45) is 4.20. The monoisotopic (exact) mass is 271 g/mol. The van der Waals surface area contributed by atoms with Crippen molar-refractivity contribution in [1.82, 2.24) is 4.98 Å². The summed E-state index contributed by atoms with van der Waals surface area (Å²) in [5.74, 6) is -0.367. The Morgan fingerprint density at radius 2 is 2.15 bits per heavy atom. The van der Waals surface area contributed by atoms with E-state index in [1.807, 2.05) is 6.07 Å². The van der Waals surface area contributed by atoms with Gasteiger partial charge in [-0.15, -0.1) is 0 Å². The van der Waals surface area contributed by atoms with Gasteiger partial charge in [0, 0.05) is 11.1 Å². The first kappa shape index (κ1) is 13.1. The molecular weight excluding hydrogens is 254 g/mol. The molecule has 2 aromatic rings. The Hall–Kier alpha value is -1.94. The van der Waals surface area contributed by atoms with Crippen molar-refractivity contribution in [2.75, 3.05) is 7.11 Å². The van der Waals surface area contributed by atoms with Crippen LogP contribution < -0.4 is 0 Å². The smallest absolute Gasteiger partial charge is 0.337 e. The van der Waals surface area contributed by atoms with Crippen molar-refractivity contribution in [3.8, 4) is 0 Å². The summed E-state index contributed by atoms with van der Waals surface area (Å²) < 4.78 is 4.75. The number of fused-ring (bicyclic) bond motifs is 2. The molecule has 104 valence electrons. The second-order valence-corrected chi connectivity index (χ2v) is 5.10. The zero-order valence-corrected chi connectivity index (χ0v) is 11.5. The lowest BCUT2D eigenvalue weighted by atomic mass is 9.90. The van der Waals surface area contributed by atoms with E-state index in [1.165, 1.54) is 7.11 Å². The molecule has 1 aliphatic rings. The van der Waals surface area contributed by atoms with Crippen LogP contribution in [0, 0.1) is 0 Å². The first-order valence-corrected chi connectivity index (χ1v) is 6.88. The molecule has 1 aromatic heterocycles. The Balaban J connectivity index is 2.25. The molecule has 0 spiro atoms. The summed E-state index contributed by atoms with van der Waals surface area (Å²) in [5, 5.41) is 10.6. The van der Waals surface area contributed by atoms with Crippen LogP contribution in [0.4, 0.5) is 0 Å². The Kier molecular flexibility index (Phi) is 3.40. The number of methoxy groups -OCH3 is 1. The van der Waals surface area contributed by atoms with Gasteiger partial charge in [0.25, 0.3) is 0 Å². The highest BCUT2D eigenvalue weighted by Crippen LogP contribution is 2.29. The summed E-state index contributed by atoms with van der Waals surface area (Å²) in [6.45, 7) is -0.0218. The number of carbonyl (C=O) groups is 1. The predicted molar refractivity (Wildman–Crippen MR) is 75.6 cm³/mol. The van der Waals surface area contributed by atoms with Gasteiger partial charge in [0.15, 0.2) is 0 Å². The van der Waals surface area contributed by atoms with E-state index in [2.05, 4.69) is 4.98 Å². The van der Waals surface area contributed by atoms with Gasteiger partial charge in [0.1, 0.15) is 0 Å². The van der Waals surface area contributed by atoms with Crippen molar-refractivity contribution in [3.63, 3.8) is 0 Å². The van der Waals surface area contributed by atoms with Gasteiger partial charge in [-0.25, -0.2) is 4.79 Å². The second-order valence-electron chi connectivity index (χ2n) is 5.10. The van der Waals surface area contributed by atoms with Gasteiger partial charge >= 0.3 is 5.97 Å². The Morgan fingerprint density at radius 1 is 1.35 bits per heavy atom. The third-order valence-corrected chi connectivity index (χ3v) is 3.96. The summed E-state index contributed by atoms with van der Waals surface area (Å²) in [4.78, 5) is 16.3. The number of esters is 1. The summed E-state index contributed by atoms with van der Waals surface area (Å²) in [6, 6.07) is 5.32. The minimum absolute atomic E-state index is 0.0218. The lowest BCUT2D eigenvalue weighted by Crippen LogP contribution is -2.10. The first-order chi connectivity index (χ1) is 9.74. The SMILES string of the molecule is COC(=O)c1ccc2nc3c(c(CO)c2c1)CCCC3. The van der Waals surface area contributed by atoms with Crippen LogP contribution in [0.15, 0.2) is 18.2 Å². The van der Waals surface area contributed by atoms with Crippen molar-refractivity contribution in [2.24, 2.45) is 0 Å². The molecule has 0 saturated heterocycles. The van der Waals surface area contributed by atoms with Crippen molar-refractivity contribution in [1.29, 1.82) is 0 Å². The summed E-state index contributed by atoms with van der Waals surface area (Å²) in [5.41, 5.74) is 4.50. The Labute approximate surface area is 117 Å². The molecule has 1 aromatic carbocycles. The van der Waals surface area contributed by atoms with Crippen LogP contribution in [0.3, 0.4) is 0 Å². The van der Waals surface area contributed by atoms with Crippen LogP contribution in [0.5, 0.6) is 0 Å². The Morgan fingerprint density at radius 3 is 2.90 bits per heavy atom. The van der Waals surface area contributed by atoms with Crippen molar-refractivity contribution < 1.29 is 14.6 Å². The standard InChI is InChI=1S/C16H17NO3/c1-20-16(19)10-6-7-15-12(8-10)13(9-18)11-4-2-3-5-14(11)17-15/h6-8,18H,2-5,9H2,1H3. The fraction of sp³-hybridized carbons (Fsp3) is 0.375. The summed E-state index contributed by atoms with van der Waals surface area (Å²) in [7, 11) is 1.37. The lowest BCUT2D eigenvalue weighted by molar-refractivity contribution is 0.0601. The predicted octanol–water partition coefficient (Wildman–Crippen LogP) is 2.39. The number of aliphatic hydroxyl groups is 1. The number of nitrogens with zero attached hydrogens (tertiary/aromatic N) is 1. The minimum atomic E-state index is -0.367. The molecule has 0 saturated carbocycles. The van der Waals surface area contributed by atoms with Gasteiger partial charge in [-0.2, -0.15) is 0 Å². The number of carbonyl (C=O) groups excluding carboxylic acids is 1. The molecule has 4 heteroatoms. The minimum Gasteiger partial charge on any atom is -0.465 e. The van der Waals surface area contributed by atoms with E-state index >= 15 is 0 Å². The van der Waals surface area contributed by atoms with Crippen LogP contribution in [0.25, 0.3) is 10.9 Å². The molecule has 1 aliphatic carbocycles. The van der Waals surface area contributed by atoms with E-state index in [4.69, 9.17) is 4.74 Å². The maximum atomic E-state index is 11.6. The maximum Gasteiger partial charge on any atom is 0.337 e. The van der Waals surface area contributed by atoms with E-state index in [1.54, 1.807) is 12.1 Å². The Bertz CT molecular complexity index is 679. The number of hydrogen-bond acceptors (Lipinski definition) is 4. The first-order valence-electron chi connectivity index (χ1n) is 6.88. The summed E-state index contributed by atoms with van der Waals surface area (Å²) >= 11 is 0. The number of ether oxygens (including phenoxy) is 1. The number of pyridine rings is 1. The third-order valence-electron chi connectivity index (χ3n) is 3.96. The quantitative estimate of drug-likeness (QED) is 0.852. The molecule has 0 bridgehead atoms. The highest BCUT2D eigenvalue weighted by atomic mass is 16.5. The van der Waals surface area contributed by atoms with Crippen molar-refractivity contribution >= 4 is 16.9 Å². The van der Waals surface area contributed by atoms with Gasteiger partial charge in [-0.3, -0.25) is 4.98 Å². The number of aryl methyl sites for hydroxylation is 1. The van der Waals surface area contributed by atoms with Crippen LogP contribution in [-0.4, -0.2) is 23.2 Å². The maximum absolute atomic E-state index is 11.6. The van der Waals surface area contributed by atoms with Gasteiger partial charge < -0.3 is 9.84 Å². The van der Waals surface area contributed by atoms with E-state index < -0.39 is 0 Å². The van der Waals surface area contributed by atoms with Gasteiger partial charge in [-0.05, 0) is 55.0 Å². The molecule has 4 nitrogen and oxygen atoms in total. The van der Waals surface area contributed by atoms with E-state index in [-0.39, 0.29) is 12.6 Å². The molecular formula is C16H17NO3. The molecule has 0 aliphatic heterocycles. The molecule has 1 heterocycles. The highest BCUT2D eigenvalue weighted by molar-refractivity contribution is 5.95. The van der Waals surface area contributed by atoms with Crippen LogP contribution in [0.2, 0.25) is 0 Å². The molecule has 0 fully saturated rings. The number of aromatic nitrogens is 1. The van der Waals surface area contributed by atoms with Crippen molar-refractivity contribution in [2.45, 2.75) is 32.3 Å². The van der Waals surface area contributed by atoms with E-state index in [0.29, 0.717) is 5.56 Å². The molecule has 1 N–H and O–H groups in total. The van der Waals surface area contributed by atoms with Crippen LogP contribution in [-0.2, 0) is 24.2 Å². The normalized spacial score (nSPS) is 14.1. The molecule has 20 heavy (non-hydrogen) atoms. The third kappa shape index (κ3) is 2.06. The largest absolute Gasteiger partial charge is 0.465 e. The lowest BCUT2D eigenvalue weighted by Gasteiger charge is -2.20. The molecule has 0 atom stereocenters. The molecule has 0 amide bonds. The fourth-order valence-corrected chi connectivity index (χ4v) is 2.95. The number of benzene rings is 1. The van der Waals surface area contributed by atoms with Crippen LogP contribution >= 0.6 is 0 Å².